The summed E-state index contributed by atoms with van der Waals surface area (Å²) in [4.78, 5) is 27.8. The number of hydrogen-bond donors (Lipinski definition) is 0. The minimum absolute atomic E-state index is 0.159. The van der Waals surface area contributed by atoms with Gasteiger partial charge in [-0.1, -0.05) is 42.5 Å². The normalized spacial score (nSPS) is 15.1. The molecule has 0 fully saturated rings. The summed E-state index contributed by atoms with van der Waals surface area (Å²) in [5.74, 6) is 0.598. The highest BCUT2D eigenvalue weighted by Crippen LogP contribution is 2.32. The van der Waals surface area contributed by atoms with Crippen LogP contribution < -0.4 is 9.47 Å². The number of fused-ring (bicyclic) bond motifs is 1. The Labute approximate surface area is 192 Å². The van der Waals surface area contributed by atoms with E-state index >= 15 is 0 Å². The predicted molar refractivity (Wildman–Crippen MR) is 124 cm³/mol. The van der Waals surface area contributed by atoms with Gasteiger partial charge in [-0.15, -0.1) is 0 Å². The van der Waals surface area contributed by atoms with E-state index < -0.39 is 6.10 Å². The van der Waals surface area contributed by atoms with Crippen LogP contribution in [-0.2, 0) is 11.3 Å². The van der Waals surface area contributed by atoms with Gasteiger partial charge >= 0.3 is 0 Å². The van der Waals surface area contributed by atoms with E-state index in [0.29, 0.717) is 28.2 Å². The van der Waals surface area contributed by atoms with Gasteiger partial charge in [0, 0.05) is 11.1 Å². The molecule has 1 aliphatic heterocycles. The maximum absolute atomic E-state index is 13.4. The third-order valence-electron chi connectivity index (χ3n) is 5.35. The van der Waals surface area contributed by atoms with Crippen molar-refractivity contribution in [3.8, 4) is 17.6 Å². The molecule has 0 saturated heterocycles. The Bertz CT molecular complexity index is 1250. The fraction of sp³-hybridized carbons (Fsp3) is 0.148. The molecule has 4 rings (SSSR count). The molecule has 0 spiro atoms. The van der Waals surface area contributed by atoms with Gasteiger partial charge in [0.05, 0.1) is 13.7 Å². The number of carbonyl (C=O) groups excluding carboxylic acids is 2. The molecule has 1 aliphatic rings. The van der Waals surface area contributed by atoms with Crippen molar-refractivity contribution in [3.05, 3.63) is 95.1 Å². The summed E-state index contributed by atoms with van der Waals surface area (Å²) >= 11 is 0. The molecule has 0 aliphatic carbocycles. The molecule has 1 unspecified atom stereocenters. The molecule has 6 heteroatoms. The van der Waals surface area contributed by atoms with Crippen molar-refractivity contribution in [2.75, 3.05) is 7.11 Å². The smallest absolute Gasteiger partial charge is 0.261 e. The van der Waals surface area contributed by atoms with Crippen LogP contribution in [0.4, 0.5) is 0 Å². The minimum Gasteiger partial charge on any atom is -0.497 e. The van der Waals surface area contributed by atoms with Crippen molar-refractivity contribution in [1.29, 1.82) is 5.26 Å². The third kappa shape index (κ3) is 4.63. The molecule has 0 bridgehead atoms. The fourth-order valence-electron chi connectivity index (χ4n) is 3.64. The van der Waals surface area contributed by atoms with Gasteiger partial charge in [-0.2, -0.15) is 5.26 Å². The Morgan fingerprint density at radius 3 is 2.18 bits per heavy atom. The number of benzene rings is 3. The van der Waals surface area contributed by atoms with Gasteiger partial charge in [0.15, 0.2) is 6.10 Å². The summed E-state index contributed by atoms with van der Waals surface area (Å²) in [5.41, 5.74) is 3.14. The average Bonchev–Trinajstić information content (AvgIpc) is 2.85. The molecule has 3 aromatic carbocycles. The lowest BCUT2D eigenvalue weighted by atomic mass is 9.91. The van der Waals surface area contributed by atoms with Gasteiger partial charge in [-0.3, -0.25) is 14.5 Å². The molecular weight excluding hydrogens is 416 g/mol. The van der Waals surface area contributed by atoms with Crippen molar-refractivity contribution >= 4 is 23.5 Å². The lowest BCUT2D eigenvalue weighted by Gasteiger charge is -2.29. The molecule has 6 nitrogen and oxygen atoms in total. The second kappa shape index (κ2) is 9.41. The van der Waals surface area contributed by atoms with Gasteiger partial charge in [-0.05, 0) is 60.0 Å². The molecule has 1 atom stereocenters. The number of amides is 2. The Morgan fingerprint density at radius 1 is 0.909 bits per heavy atom. The van der Waals surface area contributed by atoms with Crippen LogP contribution in [0.25, 0.3) is 11.6 Å². The highest BCUT2D eigenvalue weighted by atomic mass is 16.5. The van der Waals surface area contributed by atoms with Gasteiger partial charge in [0.2, 0.25) is 0 Å². The molecule has 0 radical (unpaired) electrons. The predicted octanol–water partition coefficient (Wildman–Crippen LogP) is 4.71. The van der Waals surface area contributed by atoms with Gasteiger partial charge in [-0.25, -0.2) is 0 Å². The molecule has 3 aromatic rings. The summed E-state index contributed by atoms with van der Waals surface area (Å²) in [6.45, 7) is 1.83. The summed E-state index contributed by atoms with van der Waals surface area (Å²) < 4.78 is 10.7. The number of nitrogens with zero attached hydrogens (tertiary/aromatic N) is 2. The first-order valence-electron chi connectivity index (χ1n) is 10.5. The molecule has 0 saturated carbocycles. The van der Waals surface area contributed by atoms with Crippen LogP contribution in [0.1, 0.15) is 34.0 Å². The molecular formula is C27H22N2O4. The second-order valence-electron chi connectivity index (χ2n) is 7.61. The molecule has 1 heterocycles. The van der Waals surface area contributed by atoms with E-state index in [1.807, 2.05) is 36.4 Å². The molecule has 164 valence electrons. The summed E-state index contributed by atoms with van der Waals surface area (Å²) in [6, 6.07) is 23.5. The summed E-state index contributed by atoms with van der Waals surface area (Å²) in [7, 11) is 1.59. The first-order valence-corrected chi connectivity index (χ1v) is 10.5. The standard InChI is InChI=1S/C27H22N2O4/c1-18(16-28)33-22-13-7-19(8-14-22)15-25-23-5-3-4-6-24(23)26(30)29(27(25)31)17-20-9-11-21(32-2)12-10-20/h3-15,18H,17H2,1-2H3. The van der Waals surface area contributed by atoms with Gasteiger partial charge in [0.25, 0.3) is 11.8 Å². The highest BCUT2D eigenvalue weighted by Gasteiger charge is 2.34. The van der Waals surface area contributed by atoms with E-state index in [-0.39, 0.29) is 18.4 Å². The molecule has 0 N–H and O–H groups in total. The van der Waals surface area contributed by atoms with E-state index in [9.17, 15) is 9.59 Å². The van der Waals surface area contributed by atoms with Crippen molar-refractivity contribution in [3.63, 3.8) is 0 Å². The maximum atomic E-state index is 13.4. The number of imide groups is 1. The second-order valence-corrected chi connectivity index (χ2v) is 7.61. The minimum atomic E-state index is -0.557. The van der Waals surface area contributed by atoms with Crippen LogP contribution in [0.15, 0.2) is 72.8 Å². The van der Waals surface area contributed by atoms with E-state index in [1.165, 1.54) is 4.90 Å². The molecule has 33 heavy (non-hydrogen) atoms. The number of ether oxygens (including phenoxy) is 2. The lowest BCUT2D eigenvalue weighted by molar-refractivity contribution is -0.123. The van der Waals surface area contributed by atoms with Crippen molar-refractivity contribution in [2.24, 2.45) is 0 Å². The Morgan fingerprint density at radius 2 is 1.55 bits per heavy atom. The van der Waals surface area contributed by atoms with E-state index in [2.05, 4.69) is 0 Å². The average molecular weight is 438 g/mol. The quantitative estimate of drug-likeness (QED) is 0.411. The van der Waals surface area contributed by atoms with Crippen molar-refractivity contribution in [1.82, 2.24) is 4.90 Å². The molecule has 0 aromatic heterocycles. The van der Waals surface area contributed by atoms with Crippen molar-refractivity contribution in [2.45, 2.75) is 19.6 Å². The van der Waals surface area contributed by atoms with Crippen LogP contribution in [0.3, 0.4) is 0 Å². The van der Waals surface area contributed by atoms with Crippen LogP contribution in [0.5, 0.6) is 11.5 Å². The number of rotatable bonds is 6. The summed E-state index contributed by atoms with van der Waals surface area (Å²) in [6.07, 6.45) is 1.21. The zero-order chi connectivity index (χ0) is 23.4. The first kappa shape index (κ1) is 21.8. The van der Waals surface area contributed by atoms with E-state index in [0.717, 1.165) is 11.1 Å². The Kier molecular flexibility index (Phi) is 6.23. The Hall–Kier alpha value is -4.37. The zero-order valence-electron chi connectivity index (χ0n) is 18.3. The van der Waals surface area contributed by atoms with E-state index in [1.54, 1.807) is 62.6 Å². The molecule has 2 amide bonds. The van der Waals surface area contributed by atoms with Gasteiger partial charge in [0.1, 0.15) is 17.6 Å². The van der Waals surface area contributed by atoms with Crippen LogP contribution >= 0.6 is 0 Å². The first-order chi connectivity index (χ1) is 16.0. The SMILES string of the molecule is COc1ccc(CN2C(=O)C(=Cc3ccc(OC(C)C#N)cc3)c3ccccc3C2=O)cc1. The largest absolute Gasteiger partial charge is 0.497 e. The Balaban J connectivity index is 1.68. The van der Waals surface area contributed by atoms with E-state index in [4.69, 9.17) is 14.7 Å². The zero-order valence-corrected chi connectivity index (χ0v) is 18.3. The maximum Gasteiger partial charge on any atom is 0.261 e. The number of nitriles is 1. The lowest BCUT2D eigenvalue weighted by Crippen LogP contribution is -2.41. The topological polar surface area (TPSA) is 79.6 Å². The number of methoxy groups -OCH3 is 1. The number of hydrogen-bond acceptors (Lipinski definition) is 5. The highest BCUT2D eigenvalue weighted by molar-refractivity contribution is 6.33. The monoisotopic (exact) mass is 438 g/mol. The third-order valence-corrected chi connectivity index (χ3v) is 5.35. The number of carbonyl (C=O) groups is 2. The van der Waals surface area contributed by atoms with Crippen molar-refractivity contribution < 1.29 is 19.1 Å². The van der Waals surface area contributed by atoms with Crippen LogP contribution in [0.2, 0.25) is 0 Å². The van der Waals surface area contributed by atoms with Gasteiger partial charge < -0.3 is 9.47 Å². The fourth-order valence-corrected chi connectivity index (χ4v) is 3.64. The van der Waals surface area contributed by atoms with Crippen LogP contribution in [0, 0.1) is 11.3 Å². The van der Waals surface area contributed by atoms with Crippen LogP contribution in [-0.4, -0.2) is 29.9 Å². The summed E-state index contributed by atoms with van der Waals surface area (Å²) in [5, 5.41) is 8.91.